The third-order valence-corrected chi connectivity index (χ3v) is 3.48. The summed E-state index contributed by atoms with van der Waals surface area (Å²) in [7, 11) is 1.52. The number of unbranched alkanes of at least 4 members (excludes halogenated alkanes) is 1. The molecular weight excluding hydrogens is 311 g/mol. The average Bonchev–Trinajstić information content (AvgIpc) is 2.60. The third kappa shape index (κ3) is 5.83. The van der Waals surface area contributed by atoms with Gasteiger partial charge in [-0.1, -0.05) is 20.3 Å². The van der Waals surface area contributed by atoms with Crippen LogP contribution >= 0.6 is 0 Å². The fourth-order valence-corrected chi connectivity index (χ4v) is 2.02. The Morgan fingerprint density at radius 1 is 1.38 bits per heavy atom. The SMILES string of the molecule is C/C=N\c1cc(OCCCC)c(OC)cc1C(=O)NC[C@H](F)CC. The summed E-state index contributed by atoms with van der Waals surface area (Å²) in [6.45, 7) is 6.11. The van der Waals surface area contributed by atoms with E-state index >= 15 is 0 Å². The summed E-state index contributed by atoms with van der Waals surface area (Å²) in [5.74, 6) is 0.615. The second kappa shape index (κ2) is 10.6. The molecular formula is C18H27FN2O3. The first kappa shape index (κ1) is 19.9. The van der Waals surface area contributed by atoms with Gasteiger partial charge in [0.1, 0.15) is 6.17 Å². The monoisotopic (exact) mass is 338 g/mol. The highest BCUT2D eigenvalue weighted by atomic mass is 19.1. The topological polar surface area (TPSA) is 59.9 Å². The molecule has 0 fully saturated rings. The second-order valence-electron chi connectivity index (χ2n) is 5.33. The van der Waals surface area contributed by atoms with Gasteiger partial charge in [0.15, 0.2) is 11.5 Å². The van der Waals surface area contributed by atoms with Crippen molar-refractivity contribution in [2.75, 3.05) is 20.3 Å². The lowest BCUT2D eigenvalue weighted by Crippen LogP contribution is -2.30. The van der Waals surface area contributed by atoms with Gasteiger partial charge in [-0.3, -0.25) is 9.79 Å². The lowest BCUT2D eigenvalue weighted by Gasteiger charge is -2.15. The fraction of sp³-hybridized carbons (Fsp3) is 0.556. The number of alkyl halides is 1. The van der Waals surface area contributed by atoms with E-state index in [4.69, 9.17) is 9.47 Å². The van der Waals surface area contributed by atoms with Gasteiger partial charge < -0.3 is 14.8 Å². The van der Waals surface area contributed by atoms with Crippen molar-refractivity contribution < 1.29 is 18.7 Å². The molecule has 134 valence electrons. The summed E-state index contributed by atoms with van der Waals surface area (Å²) in [4.78, 5) is 16.6. The van der Waals surface area contributed by atoms with Gasteiger partial charge in [-0.25, -0.2) is 4.39 Å². The smallest absolute Gasteiger partial charge is 0.253 e. The van der Waals surface area contributed by atoms with Crippen LogP contribution in [0.25, 0.3) is 0 Å². The maximum atomic E-state index is 13.4. The number of carbonyl (C=O) groups is 1. The number of rotatable bonds is 10. The first-order valence-electron chi connectivity index (χ1n) is 8.33. The average molecular weight is 338 g/mol. The van der Waals surface area contributed by atoms with Crippen molar-refractivity contribution >= 4 is 17.8 Å². The molecule has 0 aliphatic rings. The van der Waals surface area contributed by atoms with Gasteiger partial charge in [0.05, 0.1) is 25.0 Å². The van der Waals surface area contributed by atoms with Crippen LogP contribution in [-0.2, 0) is 0 Å². The molecule has 1 aromatic carbocycles. The van der Waals surface area contributed by atoms with Gasteiger partial charge in [-0.2, -0.15) is 0 Å². The Hall–Kier alpha value is -2.11. The number of hydrogen-bond donors (Lipinski definition) is 1. The molecule has 1 aromatic rings. The van der Waals surface area contributed by atoms with Crippen LogP contribution in [0.4, 0.5) is 10.1 Å². The molecule has 1 N–H and O–H groups in total. The van der Waals surface area contributed by atoms with Crippen molar-refractivity contribution in [3.05, 3.63) is 17.7 Å². The van der Waals surface area contributed by atoms with E-state index in [0.717, 1.165) is 12.8 Å². The summed E-state index contributed by atoms with van der Waals surface area (Å²) in [6.07, 6.45) is 2.83. The lowest BCUT2D eigenvalue weighted by molar-refractivity contribution is 0.0941. The van der Waals surface area contributed by atoms with Crippen molar-refractivity contribution in [3.8, 4) is 11.5 Å². The third-order valence-electron chi connectivity index (χ3n) is 3.48. The van der Waals surface area contributed by atoms with E-state index in [2.05, 4.69) is 17.2 Å². The molecule has 0 saturated carbocycles. The number of methoxy groups -OCH3 is 1. The van der Waals surface area contributed by atoms with Crippen LogP contribution in [0.15, 0.2) is 17.1 Å². The van der Waals surface area contributed by atoms with Gasteiger partial charge in [0, 0.05) is 18.8 Å². The molecule has 0 spiro atoms. The molecule has 0 radical (unpaired) electrons. The number of aliphatic imine (C=N–C) groups is 1. The number of carbonyl (C=O) groups excluding carboxylic acids is 1. The van der Waals surface area contributed by atoms with Gasteiger partial charge in [-0.15, -0.1) is 0 Å². The van der Waals surface area contributed by atoms with E-state index in [9.17, 15) is 9.18 Å². The number of nitrogens with zero attached hydrogens (tertiary/aromatic N) is 1. The highest BCUT2D eigenvalue weighted by Gasteiger charge is 2.17. The summed E-state index contributed by atoms with van der Waals surface area (Å²) in [5, 5.41) is 2.59. The van der Waals surface area contributed by atoms with E-state index in [0.29, 0.717) is 35.8 Å². The number of benzene rings is 1. The molecule has 0 aliphatic heterocycles. The summed E-state index contributed by atoms with van der Waals surface area (Å²) in [5.41, 5.74) is 0.797. The molecule has 1 amide bonds. The Balaban J connectivity index is 3.07. The van der Waals surface area contributed by atoms with Crippen LogP contribution in [-0.4, -0.2) is 38.6 Å². The van der Waals surface area contributed by atoms with E-state index in [1.807, 2.05) is 0 Å². The summed E-state index contributed by atoms with van der Waals surface area (Å²) in [6, 6.07) is 3.26. The van der Waals surface area contributed by atoms with Crippen molar-refractivity contribution in [2.45, 2.75) is 46.2 Å². The summed E-state index contributed by atoms with van der Waals surface area (Å²) < 4.78 is 24.4. The van der Waals surface area contributed by atoms with Crippen molar-refractivity contribution in [3.63, 3.8) is 0 Å². The Labute approximate surface area is 143 Å². The first-order valence-corrected chi connectivity index (χ1v) is 8.33. The zero-order chi connectivity index (χ0) is 17.9. The lowest BCUT2D eigenvalue weighted by atomic mass is 10.1. The normalized spacial score (nSPS) is 12.2. The van der Waals surface area contributed by atoms with Crippen LogP contribution in [0.3, 0.4) is 0 Å². The molecule has 24 heavy (non-hydrogen) atoms. The highest BCUT2D eigenvalue weighted by molar-refractivity contribution is 6.00. The number of halogens is 1. The molecule has 6 heteroatoms. The number of amides is 1. The number of nitrogens with one attached hydrogen (secondary N) is 1. The zero-order valence-corrected chi connectivity index (χ0v) is 14.9. The Morgan fingerprint density at radius 2 is 2.12 bits per heavy atom. The van der Waals surface area contributed by atoms with Gasteiger partial charge >= 0.3 is 0 Å². The predicted molar refractivity (Wildman–Crippen MR) is 94.7 cm³/mol. The first-order chi connectivity index (χ1) is 11.6. The van der Waals surface area contributed by atoms with Crippen molar-refractivity contribution in [1.82, 2.24) is 5.32 Å². The Kier molecular flexibility index (Phi) is 8.83. The molecule has 0 saturated heterocycles. The summed E-state index contributed by atoms with van der Waals surface area (Å²) >= 11 is 0. The largest absolute Gasteiger partial charge is 0.493 e. The predicted octanol–water partition coefficient (Wildman–Crippen LogP) is 4.07. The molecule has 0 unspecified atom stereocenters. The van der Waals surface area contributed by atoms with Crippen LogP contribution in [0.2, 0.25) is 0 Å². The molecule has 0 aliphatic carbocycles. The number of ether oxygens (including phenoxy) is 2. The second-order valence-corrected chi connectivity index (χ2v) is 5.33. The van der Waals surface area contributed by atoms with E-state index in [1.165, 1.54) is 7.11 Å². The van der Waals surface area contributed by atoms with Crippen LogP contribution < -0.4 is 14.8 Å². The van der Waals surface area contributed by atoms with Crippen molar-refractivity contribution in [1.29, 1.82) is 0 Å². The maximum Gasteiger partial charge on any atom is 0.253 e. The van der Waals surface area contributed by atoms with Gasteiger partial charge in [0.25, 0.3) is 5.91 Å². The fourth-order valence-electron chi connectivity index (χ4n) is 2.02. The maximum absolute atomic E-state index is 13.4. The molecule has 0 bridgehead atoms. The van der Waals surface area contributed by atoms with Crippen molar-refractivity contribution in [2.24, 2.45) is 4.99 Å². The molecule has 5 nitrogen and oxygen atoms in total. The van der Waals surface area contributed by atoms with E-state index in [1.54, 1.807) is 32.2 Å². The van der Waals surface area contributed by atoms with Crippen LogP contribution in [0.1, 0.15) is 50.4 Å². The standard InChI is InChI=1S/C18H27FN2O3/c1-5-8-9-24-17-11-15(20-7-3)14(10-16(17)23-4)18(22)21-12-13(19)6-2/h7,10-11,13H,5-6,8-9,12H2,1-4H3,(H,21,22)/b20-7-/t13-/m1/s1. The van der Waals surface area contributed by atoms with E-state index < -0.39 is 6.17 Å². The van der Waals surface area contributed by atoms with E-state index in [-0.39, 0.29) is 12.5 Å². The minimum absolute atomic E-state index is 0.0261. The molecule has 1 atom stereocenters. The highest BCUT2D eigenvalue weighted by Crippen LogP contribution is 2.35. The Bertz CT molecular complexity index is 561. The van der Waals surface area contributed by atoms with Crippen LogP contribution in [0, 0.1) is 0 Å². The van der Waals surface area contributed by atoms with Gasteiger partial charge in [-0.05, 0) is 25.8 Å². The molecule has 0 aromatic heterocycles. The van der Waals surface area contributed by atoms with Gasteiger partial charge in [0.2, 0.25) is 0 Å². The molecule has 1 rings (SSSR count). The molecule has 0 heterocycles. The van der Waals surface area contributed by atoms with Crippen LogP contribution in [0.5, 0.6) is 11.5 Å². The quantitative estimate of drug-likeness (QED) is 0.517. The minimum atomic E-state index is -1.06. The zero-order valence-electron chi connectivity index (χ0n) is 14.9. The minimum Gasteiger partial charge on any atom is -0.493 e. The number of hydrogen-bond acceptors (Lipinski definition) is 4. The Morgan fingerprint density at radius 3 is 2.71 bits per heavy atom.